The van der Waals surface area contributed by atoms with E-state index in [2.05, 4.69) is 31.1 Å². The van der Waals surface area contributed by atoms with Crippen LogP contribution in [0, 0.1) is 5.41 Å². The predicted molar refractivity (Wildman–Crippen MR) is 85.3 cm³/mol. The van der Waals surface area contributed by atoms with Crippen LogP contribution < -0.4 is 0 Å². The summed E-state index contributed by atoms with van der Waals surface area (Å²) < 4.78 is 2.00. The molecule has 1 aliphatic rings. The molecule has 1 heterocycles. The Hall–Kier alpha value is -1.64. The largest absolute Gasteiger partial charge is 0.299 e. The molecule has 3 rings (SSSR count). The van der Waals surface area contributed by atoms with Gasteiger partial charge in [-0.1, -0.05) is 44.4 Å². The summed E-state index contributed by atoms with van der Waals surface area (Å²) in [5.41, 5.74) is 1.95. The number of rotatable bonds is 4. The van der Waals surface area contributed by atoms with Crippen molar-refractivity contribution in [2.75, 3.05) is 0 Å². The lowest BCUT2D eigenvalue weighted by atomic mass is 9.71. The Labute approximate surface area is 126 Å². The predicted octanol–water partition coefficient (Wildman–Crippen LogP) is 4.14. The number of carbonyl (C=O) groups excluding carboxylic acids is 1. The van der Waals surface area contributed by atoms with E-state index in [0.717, 1.165) is 36.0 Å². The maximum Gasteiger partial charge on any atom is 0.144 e. The maximum atomic E-state index is 12.8. The first kappa shape index (κ1) is 14.3. The van der Waals surface area contributed by atoms with Gasteiger partial charge in [-0.15, -0.1) is 0 Å². The maximum absolute atomic E-state index is 12.8. The van der Waals surface area contributed by atoms with Gasteiger partial charge in [-0.3, -0.25) is 9.48 Å². The molecule has 0 N–H and O–H groups in total. The molecule has 112 valence electrons. The molecule has 0 saturated heterocycles. The van der Waals surface area contributed by atoms with Crippen molar-refractivity contribution in [1.82, 2.24) is 9.78 Å². The number of ketones is 1. The van der Waals surface area contributed by atoms with E-state index < -0.39 is 0 Å². The van der Waals surface area contributed by atoms with Crippen LogP contribution >= 0.6 is 0 Å². The van der Waals surface area contributed by atoms with Crippen LogP contribution in [-0.2, 0) is 17.8 Å². The second-order valence-corrected chi connectivity index (χ2v) is 6.50. The number of aryl methyl sites for hydroxylation is 1. The summed E-state index contributed by atoms with van der Waals surface area (Å²) in [5, 5.41) is 5.80. The number of carbonyl (C=O) groups is 1. The van der Waals surface area contributed by atoms with Crippen LogP contribution in [0.15, 0.2) is 24.3 Å². The minimum absolute atomic E-state index is 0.130. The van der Waals surface area contributed by atoms with Gasteiger partial charge in [0.2, 0.25) is 0 Å². The van der Waals surface area contributed by atoms with E-state index in [4.69, 9.17) is 0 Å². The van der Waals surface area contributed by atoms with E-state index in [1.165, 1.54) is 19.3 Å². The minimum Gasteiger partial charge on any atom is -0.299 e. The SMILES string of the molecule is CCn1nc(CC(=O)C2(C)CCCCC2)c2ccccc21. The molecule has 0 aliphatic heterocycles. The summed E-state index contributed by atoms with van der Waals surface area (Å²) in [6.45, 7) is 5.08. The van der Waals surface area contributed by atoms with Crippen molar-refractivity contribution in [2.24, 2.45) is 5.41 Å². The van der Waals surface area contributed by atoms with Crippen molar-refractivity contribution in [2.45, 2.75) is 58.9 Å². The third kappa shape index (κ3) is 2.61. The summed E-state index contributed by atoms with van der Waals surface area (Å²) in [5.74, 6) is 0.369. The number of fused-ring (bicyclic) bond motifs is 1. The molecule has 0 unspecified atom stereocenters. The third-order valence-electron chi connectivity index (χ3n) is 4.99. The van der Waals surface area contributed by atoms with Gasteiger partial charge in [0, 0.05) is 17.3 Å². The number of nitrogens with zero attached hydrogens (tertiary/aromatic N) is 2. The van der Waals surface area contributed by atoms with Gasteiger partial charge in [0.15, 0.2) is 0 Å². The van der Waals surface area contributed by atoms with Crippen LogP contribution in [0.2, 0.25) is 0 Å². The average Bonchev–Trinajstić information content (AvgIpc) is 2.86. The first-order valence-corrected chi connectivity index (χ1v) is 8.12. The molecule has 21 heavy (non-hydrogen) atoms. The summed E-state index contributed by atoms with van der Waals surface area (Å²) >= 11 is 0. The highest BCUT2D eigenvalue weighted by molar-refractivity contribution is 5.91. The highest BCUT2D eigenvalue weighted by Gasteiger charge is 2.34. The van der Waals surface area contributed by atoms with E-state index in [1.807, 2.05) is 16.8 Å². The molecular weight excluding hydrogens is 260 g/mol. The summed E-state index contributed by atoms with van der Waals surface area (Å²) in [6.07, 6.45) is 6.20. The van der Waals surface area contributed by atoms with Crippen molar-refractivity contribution in [3.05, 3.63) is 30.0 Å². The van der Waals surface area contributed by atoms with Crippen molar-refractivity contribution in [1.29, 1.82) is 0 Å². The highest BCUT2D eigenvalue weighted by Crippen LogP contribution is 2.37. The van der Waals surface area contributed by atoms with Crippen molar-refractivity contribution in [3.8, 4) is 0 Å². The number of hydrogen-bond acceptors (Lipinski definition) is 2. The zero-order valence-electron chi connectivity index (χ0n) is 13.1. The second kappa shape index (κ2) is 5.63. The number of hydrogen-bond donors (Lipinski definition) is 0. The van der Waals surface area contributed by atoms with Crippen LogP contribution in [0.25, 0.3) is 10.9 Å². The summed E-state index contributed by atoms with van der Waals surface area (Å²) in [6, 6.07) is 8.23. The lowest BCUT2D eigenvalue weighted by Gasteiger charge is -2.31. The van der Waals surface area contributed by atoms with Gasteiger partial charge in [-0.25, -0.2) is 0 Å². The molecule has 0 spiro atoms. The van der Waals surface area contributed by atoms with E-state index in [9.17, 15) is 4.79 Å². The van der Waals surface area contributed by atoms with Crippen molar-refractivity contribution >= 4 is 16.7 Å². The topological polar surface area (TPSA) is 34.9 Å². The molecule has 0 radical (unpaired) electrons. The van der Waals surface area contributed by atoms with E-state index in [0.29, 0.717) is 12.2 Å². The van der Waals surface area contributed by atoms with Gasteiger partial charge in [-0.05, 0) is 25.8 Å². The van der Waals surface area contributed by atoms with Gasteiger partial charge in [0.05, 0.1) is 17.6 Å². The second-order valence-electron chi connectivity index (χ2n) is 6.50. The monoisotopic (exact) mass is 284 g/mol. The fourth-order valence-corrected chi connectivity index (χ4v) is 3.54. The number of Topliss-reactive ketones (excluding diaryl/α,β-unsaturated/α-hetero) is 1. The zero-order valence-corrected chi connectivity index (χ0v) is 13.1. The first-order valence-electron chi connectivity index (χ1n) is 8.12. The third-order valence-corrected chi connectivity index (χ3v) is 4.99. The van der Waals surface area contributed by atoms with Gasteiger partial charge >= 0.3 is 0 Å². The number of benzene rings is 1. The molecule has 0 atom stereocenters. The first-order chi connectivity index (χ1) is 10.1. The quantitative estimate of drug-likeness (QED) is 0.845. The normalized spacial score (nSPS) is 18.0. The van der Waals surface area contributed by atoms with Crippen LogP contribution in [0.1, 0.15) is 51.6 Å². The van der Waals surface area contributed by atoms with Crippen LogP contribution in [0.5, 0.6) is 0 Å². The molecule has 3 heteroatoms. The molecule has 0 amide bonds. The van der Waals surface area contributed by atoms with Crippen LogP contribution in [0.3, 0.4) is 0 Å². The number of aromatic nitrogens is 2. The molecule has 3 nitrogen and oxygen atoms in total. The average molecular weight is 284 g/mol. The van der Waals surface area contributed by atoms with Gasteiger partial charge in [-0.2, -0.15) is 5.10 Å². The Morgan fingerprint density at radius 3 is 2.67 bits per heavy atom. The lowest BCUT2D eigenvalue weighted by molar-refractivity contribution is -0.128. The molecule has 1 aromatic heterocycles. The van der Waals surface area contributed by atoms with Gasteiger partial charge in [0.25, 0.3) is 0 Å². The van der Waals surface area contributed by atoms with Gasteiger partial charge < -0.3 is 0 Å². The smallest absolute Gasteiger partial charge is 0.144 e. The summed E-state index contributed by atoms with van der Waals surface area (Å²) in [4.78, 5) is 12.8. The molecule has 1 aliphatic carbocycles. The van der Waals surface area contributed by atoms with E-state index >= 15 is 0 Å². The lowest BCUT2D eigenvalue weighted by Crippen LogP contribution is -2.31. The fraction of sp³-hybridized carbons (Fsp3) is 0.556. The minimum atomic E-state index is -0.130. The highest BCUT2D eigenvalue weighted by atomic mass is 16.1. The van der Waals surface area contributed by atoms with Crippen LogP contribution in [-0.4, -0.2) is 15.6 Å². The Morgan fingerprint density at radius 1 is 1.24 bits per heavy atom. The Bertz CT molecular complexity index is 650. The Morgan fingerprint density at radius 2 is 1.95 bits per heavy atom. The summed E-state index contributed by atoms with van der Waals surface area (Å²) in [7, 11) is 0. The molecule has 2 aromatic rings. The molecule has 0 bridgehead atoms. The molecular formula is C18H24N2O. The molecule has 1 fully saturated rings. The Balaban J connectivity index is 1.89. The zero-order chi connectivity index (χ0) is 14.9. The van der Waals surface area contributed by atoms with Crippen molar-refractivity contribution in [3.63, 3.8) is 0 Å². The molecule has 1 aromatic carbocycles. The fourth-order valence-electron chi connectivity index (χ4n) is 3.54. The Kier molecular flexibility index (Phi) is 3.83. The van der Waals surface area contributed by atoms with E-state index in [1.54, 1.807) is 0 Å². The number of para-hydroxylation sites is 1. The molecule has 1 saturated carbocycles. The standard InChI is InChI=1S/C18H24N2O/c1-3-20-16-10-6-5-9-14(16)15(19-20)13-17(21)18(2)11-7-4-8-12-18/h5-6,9-10H,3-4,7-8,11-13H2,1-2H3. The van der Waals surface area contributed by atoms with Gasteiger partial charge in [0.1, 0.15) is 5.78 Å². The van der Waals surface area contributed by atoms with Crippen molar-refractivity contribution < 1.29 is 4.79 Å². The van der Waals surface area contributed by atoms with Crippen LogP contribution in [0.4, 0.5) is 0 Å². The van der Waals surface area contributed by atoms with E-state index in [-0.39, 0.29) is 5.41 Å².